The van der Waals surface area contributed by atoms with Crippen LogP contribution in [0.1, 0.15) is 27.7 Å². The van der Waals surface area contributed by atoms with Crippen LogP contribution in [-0.4, -0.2) is 30.0 Å². The van der Waals surface area contributed by atoms with Crippen LogP contribution in [0.2, 0.25) is 0 Å². The second-order valence-corrected chi connectivity index (χ2v) is 7.00. The number of pyridine rings is 1. The maximum atomic E-state index is 12.4. The average Bonchev–Trinajstić information content (AvgIpc) is 2.70. The summed E-state index contributed by atoms with van der Waals surface area (Å²) in [5, 5.41) is 1.46. The Balaban J connectivity index is 2.18. The molecule has 0 bridgehead atoms. The molecule has 122 valence electrons. The Morgan fingerprint density at radius 2 is 1.74 bits per heavy atom. The van der Waals surface area contributed by atoms with Crippen molar-refractivity contribution in [3.05, 3.63) is 34.7 Å². The van der Waals surface area contributed by atoms with E-state index >= 15 is 0 Å². The predicted molar refractivity (Wildman–Crippen MR) is 91.5 cm³/mol. The van der Waals surface area contributed by atoms with Crippen LogP contribution >= 0.6 is 0 Å². The molecule has 2 heterocycles. The van der Waals surface area contributed by atoms with Crippen LogP contribution in [0.4, 0.5) is 0 Å². The van der Waals surface area contributed by atoms with Crippen molar-refractivity contribution in [3.63, 3.8) is 0 Å². The second-order valence-electron chi connectivity index (χ2n) is 7.00. The zero-order valence-corrected chi connectivity index (χ0v) is 14.5. The Kier molecular flexibility index (Phi) is 3.57. The van der Waals surface area contributed by atoms with Gasteiger partial charge in [0, 0.05) is 24.1 Å². The molecule has 0 unspecified atom stereocenters. The van der Waals surface area contributed by atoms with Gasteiger partial charge in [-0.05, 0) is 51.3 Å². The molecule has 0 radical (unpaired) electrons. The summed E-state index contributed by atoms with van der Waals surface area (Å²) in [5.74, 6) is 0.657. The summed E-state index contributed by atoms with van der Waals surface area (Å²) in [6.45, 7) is 8.00. The fourth-order valence-electron chi connectivity index (χ4n) is 2.72. The molecular formula is C17H22BNO4. The molecule has 1 aliphatic rings. The number of fused-ring (bicyclic) bond motifs is 1. The van der Waals surface area contributed by atoms with E-state index in [1.54, 1.807) is 24.9 Å². The van der Waals surface area contributed by atoms with Gasteiger partial charge in [-0.3, -0.25) is 4.79 Å². The van der Waals surface area contributed by atoms with E-state index in [-0.39, 0.29) is 5.56 Å². The van der Waals surface area contributed by atoms with Crippen molar-refractivity contribution in [2.45, 2.75) is 38.9 Å². The van der Waals surface area contributed by atoms with Crippen molar-refractivity contribution in [2.24, 2.45) is 7.05 Å². The third-order valence-electron chi connectivity index (χ3n) is 4.94. The maximum absolute atomic E-state index is 12.4. The monoisotopic (exact) mass is 315 g/mol. The molecule has 1 aromatic carbocycles. The minimum atomic E-state index is -0.565. The number of aromatic nitrogens is 1. The van der Waals surface area contributed by atoms with Crippen LogP contribution in [0.3, 0.4) is 0 Å². The fourth-order valence-corrected chi connectivity index (χ4v) is 2.72. The third-order valence-corrected chi connectivity index (χ3v) is 4.94. The van der Waals surface area contributed by atoms with E-state index in [0.717, 1.165) is 10.8 Å². The highest BCUT2D eigenvalue weighted by molar-refractivity contribution is 6.63. The van der Waals surface area contributed by atoms with Gasteiger partial charge in [0.25, 0.3) is 5.56 Å². The Labute approximate surface area is 136 Å². The normalized spacial score (nSPS) is 19.3. The topological polar surface area (TPSA) is 49.7 Å². The molecule has 1 aromatic heterocycles. The van der Waals surface area contributed by atoms with E-state index in [4.69, 9.17) is 14.0 Å². The molecule has 1 aliphatic heterocycles. The highest BCUT2D eigenvalue weighted by Gasteiger charge is 2.52. The molecule has 0 spiro atoms. The largest absolute Gasteiger partial charge is 0.498 e. The Hall–Kier alpha value is -1.79. The quantitative estimate of drug-likeness (QED) is 0.794. The summed E-state index contributed by atoms with van der Waals surface area (Å²) in [7, 11) is 2.78. The number of methoxy groups -OCH3 is 1. The zero-order valence-electron chi connectivity index (χ0n) is 14.5. The molecule has 0 atom stereocenters. The van der Waals surface area contributed by atoms with Gasteiger partial charge < -0.3 is 18.6 Å². The molecule has 1 saturated heterocycles. The number of rotatable bonds is 2. The van der Waals surface area contributed by atoms with E-state index in [1.165, 1.54) is 0 Å². The predicted octanol–water partition coefficient (Wildman–Crippen LogP) is 1.85. The number of hydrogen-bond donors (Lipinski definition) is 0. The Morgan fingerprint density at radius 1 is 1.13 bits per heavy atom. The van der Waals surface area contributed by atoms with Gasteiger partial charge in [-0.2, -0.15) is 0 Å². The smallest absolute Gasteiger partial charge is 0.497 e. The number of aryl methyl sites for hydroxylation is 1. The SMILES string of the molecule is COc1cc2ccn(C)c(=O)c2cc1B1OC(C)(C)C(C)(C)O1. The first-order valence-corrected chi connectivity index (χ1v) is 7.69. The summed E-state index contributed by atoms with van der Waals surface area (Å²) < 4.78 is 19.3. The molecule has 0 amide bonds. The van der Waals surface area contributed by atoms with Crippen molar-refractivity contribution in [3.8, 4) is 5.75 Å². The lowest BCUT2D eigenvalue weighted by Gasteiger charge is -2.32. The van der Waals surface area contributed by atoms with Crippen molar-refractivity contribution in [2.75, 3.05) is 7.11 Å². The van der Waals surface area contributed by atoms with E-state index in [1.807, 2.05) is 45.9 Å². The second kappa shape index (κ2) is 5.11. The summed E-state index contributed by atoms with van der Waals surface area (Å²) in [4.78, 5) is 12.4. The lowest BCUT2D eigenvalue weighted by molar-refractivity contribution is 0.00578. The van der Waals surface area contributed by atoms with Crippen LogP contribution in [0, 0.1) is 0 Å². The summed E-state index contributed by atoms with van der Waals surface area (Å²) >= 11 is 0. The van der Waals surface area contributed by atoms with Crippen LogP contribution in [0.25, 0.3) is 10.8 Å². The Morgan fingerprint density at radius 3 is 2.30 bits per heavy atom. The number of nitrogens with zero attached hydrogens (tertiary/aromatic N) is 1. The average molecular weight is 315 g/mol. The van der Waals surface area contributed by atoms with Gasteiger partial charge in [0.1, 0.15) is 5.75 Å². The van der Waals surface area contributed by atoms with E-state index in [9.17, 15) is 4.79 Å². The minimum Gasteiger partial charge on any atom is -0.497 e. The number of benzene rings is 1. The van der Waals surface area contributed by atoms with Gasteiger partial charge >= 0.3 is 7.12 Å². The van der Waals surface area contributed by atoms with Crippen molar-refractivity contribution < 1.29 is 14.0 Å². The zero-order chi connectivity index (χ0) is 17.0. The summed E-state index contributed by atoms with van der Waals surface area (Å²) in [6.07, 6.45) is 1.75. The third kappa shape index (κ3) is 2.46. The van der Waals surface area contributed by atoms with Gasteiger partial charge in [-0.1, -0.05) is 0 Å². The maximum Gasteiger partial charge on any atom is 0.498 e. The standard InChI is InChI=1S/C17H22BNO4/c1-16(2)17(3,4)23-18(22-16)13-10-12-11(9-14(13)21-6)7-8-19(5)15(12)20/h7-10H,1-6H3. The summed E-state index contributed by atoms with van der Waals surface area (Å²) in [5.41, 5.74) is -0.205. The molecule has 1 fully saturated rings. The Bertz CT molecular complexity index is 809. The molecule has 3 rings (SSSR count). The number of ether oxygens (including phenoxy) is 1. The first-order chi connectivity index (χ1) is 10.7. The van der Waals surface area contributed by atoms with E-state index in [2.05, 4.69) is 0 Å². The molecule has 5 nitrogen and oxygen atoms in total. The molecule has 0 aliphatic carbocycles. The molecule has 23 heavy (non-hydrogen) atoms. The van der Waals surface area contributed by atoms with Crippen molar-refractivity contribution >= 4 is 23.4 Å². The van der Waals surface area contributed by atoms with Crippen molar-refractivity contribution in [1.82, 2.24) is 4.57 Å². The molecule has 2 aromatic rings. The molecular weight excluding hydrogens is 293 g/mol. The summed E-state index contributed by atoms with van der Waals surface area (Å²) in [6, 6.07) is 5.57. The van der Waals surface area contributed by atoms with Gasteiger partial charge in [0.05, 0.1) is 18.3 Å². The van der Waals surface area contributed by atoms with Gasteiger partial charge in [-0.15, -0.1) is 0 Å². The van der Waals surface area contributed by atoms with Gasteiger partial charge in [-0.25, -0.2) is 0 Å². The first-order valence-electron chi connectivity index (χ1n) is 7.69. The fraction of sp³-hybridized carbons (Fsp3) is 0.471. The molecule has 0 N–H and O–H groups in total. The minimum absolute atomic E-state index is 0.0529. The number of hydrogen-bond acceptors (Lipinski definition) is 4. The molecule has 0 saturated carbocycles. The first kappa shape index (κ1) is 16.1. The van der Waals surface area contributed by atoms with Crippen LogP contribution in [0.5, 0.6) is 5.75 Å². The van der Waals surface area contributed by atoms with Crippen LogP contribution in [-0.2, 0) is 16.4 Å². The van der Waals surface area contributed by atoms with Crippen LogP contribution < -0.4 is 15.8 Å². The highest BCUT2D eigenvalue weighted by atomic mass is 16.7. The lowest BCUT2D eigenvalue weighted by Crippen LogP contribution is -2.41. The molecule has 6 heteroatoms. The highest BCUT2D eigenvalue weighted by Crippen LogP contribution is 2.37. The van der Waals surface area contributed by atoms with Crippen LogP contribution in [0.15, 0.2) is 29.2 Å². The lowest BCUT2D eigenvalue weighted by atomic mass is 9.77. The van der Waals surface area contributed by atoms with Gasteiger partial charge in [0.2, 0.25) is 0 Å². The van der Waals surface area contributed by atoms with E-state index in [0.29, 0.717) is 11.1 Å². The van der Waals surface area contributed by atoms with Crippen molar-refractivity contribution in [1.29, 1.82) is 0 Å². The van der Waals surface area contributed by atoms with E-state index < -0.39 is 18.3 Å². The van der Waals surface area contributed by atoms with Gasteiger partial charge in [0.15, 0.2) is 0 Å².